The van der Waals surface area contributed by atoms with Crippen molar-refractivity contribution in [2.45, 2.75) is 19.6 Å². The Morgan fingerprint density at radius 3 is 2.82 bits per heavy atom. The van der Waals surface area contributed by atoms with Crippen molar-refractivity contribution in [2.24, 2.45) is 0 Å². The largest absolute Gasteiger partial charge is 0.488 e. The Morgan fingerprint density at radius 1 is 1.47 bits per heavy atom. The molecule has 0 aliphatic rings. The van der Waals surface area contributed by atoms with Crippen LogP contribution in [0.2, 0.25) is 0 Å². The van der Waals surface area contributed by atoms with Gasteiger partial charge < -0.3 is 20.3 Å². The fourth-order valence-electron chi connectivity index (χ4n) is 1.28. The van der Waals surface area contributed by atoms with Crippen LogP contribution in [0.3, 0.4) is 0 Å². The lowest BCUT2D eigenvalue weighted by Crippen LogP contribution is -2.21. The van der Waals surface area contributed by atoms with Crippen LogP contribution in [-0.2, 0) is 6.54 Å². The molecule has 96 valence electrons. The molecule has 0 aliphatic heterocycles. The van der Waals surface area contributed by atoms with Crippen molar-refractivity contribution in [1.82, 2.24) is 5.32 Å². The predicted molar refractivity (Wildman–Crippen MR) is 62.4 cm³/mol. The molecule has 0 aromatic heterocycles. The Bertz CT molecular complexity index is 347. The number of halogens is 1. The van der Waals surface area contributed by atoms with Crippen LogP contribution in [0.25, 0.3) is 0 Å². The normalized spacial score (nSPS) is 12.5. The topological polar surface area (TPSA) is 61.7 Å². The van der Waals surface area contributed by atoms with E-state index in [0.717, 1.165) is 12.1 Å². The van der Waals surface area contributed by atoms with Gasteiger partial charge >= 0.3 is 0 Å². The van der Waals surface area contributed by atoms with E-state index in [1.807, 2.05) is 6.92 Å². The fraction of sp³-hybridized carbons (Fsp3) is 0.500. The molecule has 0 fully saturated rings. The standard InChI is InChI=1S/C12H18FNO3/c1-2-14-6-9-3-4-12(11(13)5-9)17-8-10(16)7-15/h3-5,10,14-16H,2,6-8H2,1H3. The van der Waals surface area contributed by atoms with E-state index in [0.29, 0.717) is 6.54 Å². The van der Waals surface area contributed by atoms with Crippen molar-refractivity contribution >= 4 is 0 Å². The molecule has 1 atom stereocenters. The average molecular weight is 243 g/mol. The number of ether oxygens (including phenoxy) is 1. The van der Waals surface area contributed by atoms with Crippen molar-refractivity contribution in [1.29, 1.82) is 0 Å². The minimum absolute atomic E-state index is 0.0812. The number of benzene rings is 1. The smallest absolute Gasteiger partial charge is 0.165 e. The maximum absolute atomic E-state index is 13.5. The Hall–Kier alpha value is -1.17. The van der Waals surface area contributed by atoms with E-state index in [1.54, 1.807) is 6.07 Å². The van der Waals surface area contributed by atoms with Gasteiger partial charge in [0, 0.05) is 6.54 Å². The summed E-state index contributed by atoms with van der Waals surface area (Å²) in [6.45, 7) is 2.87. The Balaban J connectivity index is 2.56. The number of hydrogen-bond acceptors (Lipinski definition) is 4. The molecule has 4 nitrogen and oxygen atoms in total. The molecule has 0 spiro atoms. The molecule has 0 aliphatic carbocycles. The van der Waals surface area contributed by atoms with Crippen molar-refractivity contribution in [3.63, 3.8) is 0 Å². The van der Waals surface area contributed by atoms with E-state index in [2.05, 4.69) is 5.32 Å². The first-order chi connectivity index (χ1) is 8.17. The van der Waals surface area contributed by atoms with Gasteiger partial charge in [-0.2, -0.15) is 0 Å². The third kappa shape index (κ3) is 4.68. The van der Waals surface area contributed by atoms with Crippen LogP contribution in [-0.4, -0.2) is 36.1 Å². The molecular weight excluding hydrogens is 225 g/mol. The number of aliphatic hydroxyl groups is 2. The SMILES string of the molecule is CCNCc1ccc(OCC(O)CO)c(F)c1. The van der Waals surface area contributed by atoms with E-state index in [-0.39, 0.29) is 12.4 Å². The van der Waals surface area contributed by atoms with E-state index >= 15 is 0 Å². The fourth-order valence-corrected chi connectivity index (χ4v) is 1.28. The lowest BCUT2D eigenvalue weighted by Gasteiger charge is -2.11. The summed E-state index contributed by atoms with van der Waals surface area (Å²) in [5, 5.41) is 20.8. The zero-order valence-corrected chi connectivity index (χ0v) is 9.82. The molecule has 0 radical (unpaired) electrons. The van der Waals surface area contributed by atoms with Crippen LogP contribution in [0.1, 0.15) is 12.5 Å². The van der Waals surface area contributed by atoms with Gasteiger partial charge in [-0.25, -0.2) is 4.39 Å². The predicted octanol–water partition coefficient (Wildman–Crippen LogP) is 0.667. The molecule has 0 bridgehead atoms. The highest BCUT2D eigenvalue weighted by atomic mass is 19.1. The van der Waals surface area contributed by atoms with Gasteiger partial charge in [-0.05, 0) is 24.2 Å². The highest BCUT2D eigenvalue weighted by Crippen LogP contribution is 2.18. The first-order valence-corrected chi connectivity index (χ1v) is 5.58. The monoisotopic (exact) mass is 243 g/mol. The van der Waals surface area contributed by atoms with E-state index < -0.39 is 18.5 Å². The van der Waals surface area contributed by atoms with Crippen LogP contribution in [0.5, 0.6) is 5.75 Å². The lowest BCUT2D eigenvalue weighted by molar-refractivity contribution is 0.0523. The van der Waals surface area contributed by atoms with Gasteiger partial charge in [0.25, 0.3) is 0 Å². The van der Waals surface area contributed by atoms with E-state index in [4.69, 9.17) is 14.9 Å². The molecule has 17 heavy (non-hydrogen) atoms. The zero-order chi connectivity index (χ0) is 12.7. The quantitative estimate of drug-likeness (QED) is 0.658. The minimum atomic E-state index is -0.990. The maximum atomic E-state index is 13.5. The molecular formula is C12H18FNO3. The van der Waals surface area contributed by atoms with Crippen molar-refractivity contribution < 1.29 is 19.3 Å². The number of aliphatic hydroxyl groups excluding tert-OH is 2. The lowest BCUT2D eigenvalue weighted by atomic mass is 10.2. The molecule has 0 saturated carbocycles. The van der Waals surface area contributed by atoms with Gasteiger partial charge in [-0.1, -0.05) is 13.0 Å². The van der Waals surface area contributed by atoms with E-state index in [1.165, 1.54) is 12.1 Å². The summed E-state index contributed by atoms with van der Waals surface area (Å²) in [6, 6.07) is 4.67. The van der Waals surface area contributed by atoms with Crippen LogP contribution < -0.4 is 10.1 Å². The van der Waals surface area contributed by atoms with Crippen LogP contribution in [0, 0.1) is 5.82 Å². The van der Waals surface area contributed by atoms with Crippen molar-refractivity contribution in [3.05, 3.63) is 29.6 Å². The van der Waals surface area contributed by atoms with Gasteiger partial charge in [0.15, 0.2) is 11.6 Å². The van der Waals surface area contributed by atoms with Gasteiger partial charge in [0.2, 0.25) is 0 Å². The summed E-state index contributed by atoms with van der Waals surface area (Å²) in [5.74, 6) is -0.386. The highest BCUT2D eigenvalue weighted by molar-refractivity contribution is 5.29. The second-order valence-electron chi connectivity index (χ2n) is 3.69. The number of nitrogens with one attached hydrogen (secondary N) is 1. The number of rotatable bonds is 7. The molecule has 1 rings (SSSR count). The minimum Gasteiger partial charge on any atom is -0.488 e. The Kier molecular flexibility index (Phi) is 5.90. The summed E-state index contributed by atoms with van der Waals surface area (Å²) in [7, 11) is 0. The van der Waals surface area contributed by atoms with E-state index in [9.17, 15) is 4.39 Å². The van der Waals surface area contributed by atoms with Gasteiger partial charge in [-0.3, -0.25) is 0 Å². The second kappa shape index (κ2) is 7.21. The zero-order valence-electron chi connectivity index (χ0n) is 9.82. The third-order valence-corrected chi connectivity index (χ3v) is 2.22. The Labute approximate surface area is 100 Å². The van der Waals surface area contributed by atoms with Crippen LogP contribution in [0.15, 0.2) is 18.2 Å². The molecule has 1 aromatic rings. The average Bonchev–Trinajstić information content (AvgIpc) is 2.34. The first kappa shape index (κ1) is 13.9. The Morgan fingerprint density at radius 2 is 2.24 bits per heavy atom. The van der Waals surface area contributed by atoms with Gasteiger partial charge in [-0.15, -0.1) is 0 Å². The molecule has 0 amide bonds. The first-order valence-electron chi connectivity index (χ1n) is 5.58. The summed E-state index contributed by atoms with van der Waals surface area (Å²) in [6.07, 6.45) is -0.990. The van der Waals surface area contributed by atoms with Crippen LogP contribution in [0.4, 0.5) is 4.39 Å². The maximum Gasteiger partial charge on any atom is 0.165 e. The molecule has 3 N–H and O–H groups in total. The summed E-state index contributed by atoms with van der Waals surface area (Å²) in [5.41, 5.74) is 0.833. The second-order valence-corrected chi connectivity index (χ2v) is 3.69. The summed E-state index contributed by atoms with van der Waals surface area (Å²) in [4.78, 5) is 0. The van der Waals surface area contributed by atoms with Crippen LogP contribution >= 0.6 is 0 Å². The summed E-state index contributed by atoms with van der Waals surface area (Å²) < 4.78 is 18.6. The molecule has 0 saturated heterocycles. The summed E-state index contributed by atoms with van der Waals surface area (Å²) >= 11 is 0. The van der Waals surface area contributed by atoms with Gasteiger partial charge in [0.05, 0.1) is 6.61 Å². The number of hydrogen-bond donors (Lipinski definition) is 3. The highest BCUT2D eigenvalue weighted by Gasteiger charge is 2.07. The molecule has 5 heteroatoms. The van der Waals surface area contributed by atoms with Gasteiger partial charge in [0.1, 0.15) is 12.7 Å². The van der Waals surface area contributed by atoms with Crippen molar-refractivity contribution in [2.75, 3.05) is 19.8 Å². The van der Waals surface area contributed by atoms with Crippen molar-refractivity contribution in [3.8, 4) is 5.75 Å². The molecule has 0 heterocycles. The third-order valence-electron chi connectivity index (χ3n) is 2.22. The molecule has 1 aromatic carbocycles. The molecule has 1 unspecified atom stereocenters.